The highest BCUT2D eigenvalue weighted by atomic mass is 16.5. The van der Waals surface area contributed by atoms with Crippen LogP contribution in [0.4, 0.5) is 0 Å². The van der Waals surface area contributed by atoms with Crippen molar-refractivity contribution in [2.75, 3.05) is 20.3 Å². The van der Waals surface area contributed by atoms with E-state index < -0.39 is 0 Å². The highest BCUT2D eigenvalue weighted by Gasteiger charge is 2.07. The fraction of sp³-hybridized carbons (Fsp3) is 0.263. The predicted octanol–water partition coefficient (Wildman–Crippen LogP) is 2.68. The van der Waals surface area contributed by atoms with E-state index in [2.05, 4.69) is 5.32 Å². The summed E-state index contributed by atoms with van der Waals surface area (Å²) < 4.78 is 16.6. The lowest BCUT2D eigenvalue weighted by atomic mass is 10.2. The number of benzene rings is 2. The summed E-state index contributed by atoms with van der Waals surface area (Å²) in [4.78, 5) is 11.4. The normalized spacial score (nSPS) is 9.76. The molecular weight excluding hydrogens is 320 g/mol. The Labute approximate surface area is 146 Å². The molecule has 0 aliphatic carbocycles. The Morgan fingerprint density at radius 2 is 1.84 bits per heavy atom. The number of methoxy groups -OCH3 is 1. The number of carbonyl (C=O) groups is 1. The standard InChI is InChI=1S/C19H20N2O4/c1-23-17-8-7-15(14-21-19(22)9-10-20)13-18(17)25-12-11-24-16-5-3-2-4-6-16/h2-8,13H,9,11-12,14H2,1H3,(H,21,22). The number of nitriles is 1. The fourth-order valence-electron chi connectivity index (χ4n) is 2.11. The lowest BCUT2D eigenvalue weighted by Gasteiger charge is -2.13. The quantitative estimate of drug-likeness (QED) is 0.710. The zero-order valence-corrected chi connectivity index (χ0v) is 14.0. The van der Waals surface area contributed by atoms with Crippen molar-refractivity contribution in [2.24, 2.45) is 0 Å². The van der Waals surface area contributed by atoms with Gasteiger partial charge in [-0.05, 0) is 29.8 Å². The molecule has 0 aromatic heterocycles. The summed E-state index contributed by atoms with van der Waals surface area (Å²) in [6, 6.07) is 16.7. The monoisotopic (exact) mass is 340 g/mol. The summed E-state index contributed by atoms with van der Waals surface area (Å²) in [5.74, 6) is 1.65. The van der Waals surface area contributed by atoms with Crippen LogP contribution in [0.1, 0.15) is 12.0 Å². The number of para-hydroxylation sites is 1. The first-order valence-corrected chi connectivity index (χ1v) is 7.84. The second kappa shape index (κ2) is 9.83. The fourth-order valence-corrected chi connectivity index (χ4v) is 2.11. The van der Waals surface area contributed by atoms with Crippen molar-refractivity contribution in [2.45, 2.75) is 13.0 Å². The molecule has 0 aliphatic rings. The van der Waals surface area contributed by atoms with Gasteiger partial charge in [0.15, 0.2) is 11.5 Å². The van der Waals surface area contributed by atoms with Gasteiger partial charge in [0.05, 0.1) is 13.2 Å². The Hall–Kier alpha value is -3.20. The molecule has 6 nitrogen and oxygen atoms in total. The number of amides is 1. The smallest absolute Gasteiger partial charge is 0.234 e. The number of nitrogens with one attached hydrogen (secondary N) is 1. The number of nitrogens with zero attached hydrogens (tertiary/aromatic N) is 1. The largest absolute Gasteiger partial charge is 0.493 e. The first kappa shape index (κ1) is 18.1. The van der Waals surface area contributed by atoms with Gasteiger partial charge in [0.1, 0.15) is 25.4 Å². The zero-order chi connectivity index (χ0) is 17.9. The Balaban J connectivity index is 1.88. The molecule has 0 atom stereocenters. The number of ether oxygens (including phenoxy) is 3. The van der Waals surface area contributed by atoms with Gasteiger partial charge < -0.3 is 19.5 Å². The van der Waals surface area contributed by atoms with Gasteiger partial charge in [0, 0.05) is 6.54 Å². The van der Waals surface area contributed by atoms with Crippen molar-refractivity contribution < 1.29 is 19.0 Å². The van der Waals surface area contributed by atoms with E-state index in [1.54, 1.807) is 19.2 Å². The Morgan fingerprint density at radius 1 is 1.08 bits per heavy atom. The number of hydrogen-bond donors (Lipinski definition) is 1. The molecule has 6 heteroatoms. The van der Waals surface area contributed by atoms with Crippen molar-refractivity contribution in [3.05, 3.63) is 54.1 Å². The first-order valence-electron chi connectivity index (χ1n) is 7.84. The maximum atomic E-state index is 11.4. The minimum Gasteiger partial charge on any atom is -0.493 e. The van der Waals surface area contributed by atoms with Gasteiger partial charge in [-0.1, -0.05) is 24.3 Å². The topological polar surface area (TPSA) is 80.6 Å². The molecule has 0 spiro atoms. The minimum atomic E-state index is -0.308. The van der Waals surface area contributed by atoms with Gasteiger partial charge in [-0.2, -0.15) is 5.26 Å². The van der Waals surface area contributed by atoms with Crippen LogP contribution in [0.25, 0.3) is 0 Å². The molecule has 2 aromatic carbocycles. The van der Waals surface area contributed by atoms with Crippen molar-refractivity contribution in [1.82, 2.24) is 5.32 Å². The van der Waals surface area contributed by atoms with Crippen LogP contribution in [0.3, 0.4) is 0 Å². The number of carbonyl (C=O) groups excluding carboxylic acids is 1. The van der Waals surface area contributed by atoms with Crippen molar-refractivity contribution in [1.29, 1.82) is 5.26 Å². The summed E-state index contributed by atoms with van der Waals surface area (Å²) >= 11 is 0. The van der Waals surface area contributed by atoms with Crippen LogP contribution in [-0.4, -0.2) is 26.2 Å². The van der Waals surface area contributed by atoms with E-state index in [4.69, 9.17) is 19.5 Å². The van der Waals surface area contributed by atoms with Crippen molar-refractivity contribution >= 4 is 5.91 Å². The van der Waals surface area contributed by atoms with Crippen molar-refractivity contribution in [3.63, 3.8) is 0 Å². The van der Waals surface area contributed by atoms with Crippen LogP contribution in [-0.2, 0) is 11.3 Å². The molecule has 0 saturated carbocycles. The average molecular weight is 340 g/mol. The maximum absolute atomic E-state index is 11.4. The SMILES string of the molecule is COc1ccc(CNC(=O)CC#N)cc1OCCOc1ccccc1. The van der Waals surface area contributed by atoms with Crippen molar-refractivity contribution in [3.8, 4) is 23.3 Å². The summed E-state index contributed by atoms with van der Waals surface area (Å²) in [7, 11) is 1.57. The molecular formula is C19H20N2O4. The van der Waals surface area contributed by atoms with E-state index in [1.807, 2.05) is 42.5 Å². The third kappa shape index (κ3) is 6.07. The molecule has 1 N–H and O–H groups in total. The van der Waals surface area contributed by atoms with Crippen LogP contribution in [0.2, 0.25) is 0 Å². The van der Waals surface area contributed by atoms with Crippen LogP contribution < -0.4 is 19.5 Å². The van der Waals surface area contributed by atoms with E-state index in [0.717, 1.165) is 11.3 Å². The predicted molar refractivity (Wildman–Crippen MR) is 92.5 cm³/mol. The molecule has 2 aromatic rings. The van der Waals surface area contributed by atoms with Gasteiger partial charge in [-0.25, -0.2) is 0 Å². The lowest BCUT2D eigenvalue weighted by molar-refractivity contribution is -0.120. The van der Waals surface area contributed by atoms with E-state index in [-0.39, 0.29) is 12.3 Å². The molecule has 0 saturated heterocycles. The third-order valence-corrected chi connectivity index (χ3v) is 3.31. The molecule has 0 radical (unpaired) electrons. The number of hydrogen-bond acceptors (Lipinski definition) is 5. The molecule has 1 amide bonds. The number of rotatable bonds is 9. The zero-order valence-electron chi connectivity index (χ0n) is 14.0. The molecule has 2 rings (SSSR count). The Bertz CT molecular complexity index is 726. The maximum Gasteiger partial charge on any atom is 0.234 e. The molecule has 130 valence electrons. The molecule has 0 unspecified atom stereocenters. The molecule has 0 heterocycles. The molecule has 25 heavy (non-hydrogen) atoms. The van der Waals surface area contributed by atoms with Gasteiger partial charge in [-0.3, -0.25) is 4.79 Å². The third-order valence-electron chi connectivity index (χ3n) is 3.31. The summed E-state index contributed by atoms with van der Waals surface area (Å²) in [6.45, 7) is 1.08. The van der Waals surface area contributed by atoms with Crippen LogP contribution >= 0.6 is 0 Å². The van der Waals surface area contributed by atoms with Gasteiger partial charge in [0.2, 0.25) is 5.91 Å². The Kier molecular flexibility index (Phi) is 7.13. The van der Waals surface area contributed by atoms with Crippen LogP contribution in [0.15, 0.2) is 48.5 Å². The molecule has 0 bridgehead atoms. The van der Waals surface area contributed by atoms with Crippen LogP contribution in [0.5, 0.6) is 17.2 Å². The van der Waals surface area contributed by atoms with E-state index in [1.165, 1.54) is 0 Å². The van der Waals surface area contributed by atoms with E-state index >= 15 is 0 Å². The summed E-state index contributed by atoms with van der Waals surface area (Å²) in [5.41, 5.74) is 0.853. The first-order chi connectivity index (χ1) is 12.2. The lowest BCUT2D eigenvalue weighted by Crippen LogP contribution is -2.21. The highest BCUT2D eigenvalue weighted by molar-refractivity contribution is 5.77. The summed E-state index contributed by atoms with van der Waals surface area (Å²) in [6.07, 6.45) is -0.156. The second-order valence-corrected chi connectivity index (χ2v) is 5.11. The van der Waals surface area contributed by atoms with E-state index in [0.29, 0.717) is 31.3 Å². The minimum absolute atomic E-state index is 0.156. The van der Waals surface area contributed by atoms with Gasteiger partial charge >= 0.3 is 0 Å². The second-order valence-electron chi connectivity index (χ2n) is 5.11. The average Bonchev–Trinajstić information content (AvgIpc) is 2.65. The molecule has 0 fully saturated rings. The Morgan fingerprint density at radius 3 is 2.56 bits per heavy atom. The van der Waals surface area contributed by atoms with Gasteiger partial charge in [0.25, 0.3) is 0 Å². The highest BCUT2D eigenvalue weighted by Crippen LogP contribution is 2.28. The van der Waals surface area contributed by atoms with E-state index in [9.17, 15) is 4.79 Å². The van der Waals surface area contributed by atoms with Crippen LogP contribution in [0, 0.1) is 11.3 Å². The molecule has 0 aliphatic heterocycles. The summed E-state index contributed by atoms with van der Waals surface area (Å²) in [5, 5.41) is 11.2. The van der Waals surface area contributed by atoms with Gasteiger partial charge in [-0.15, -0.1) is 0 Å².